The SMILES string of the molecule is C/C=C/C=C\C=C/[C@@H](O)[C@H](C)[C@H](CC[C@H](C)[C@@H]1OC(=O)C=C[C@@H]1C)OP(=O)(O)O. The molecular weight excluding hydrogens is 395 g/mol. The molecule has 6 atom stereocenters. The molecule has 29 heavy (non-hydrogen) atoms. The maximum atomic E-state index is 11.5. The second kappa shape index (κ2) is 12.3. The Bertz CT molecular complexity index is 677. The summed E-state index contributed by atoms with van der Waals surface area (Å²) in [6.07, 6.45) is 12.4. The van der Waals surface area contributed by atoms with Crippen molar-refractivity contribution in [1.29, 1.82) is 0 Å². The van der Waals surface area contributed by atoms with E-state index in [0.717, 1.165) is 0 Å². The molecule has 0 radical (unpaired) electrons. The lowest BCUT2D eigenvalue weighted by molar-refractivity contribution is -0.149. The molecule has 0 amide bonds. The Morgan fingerprint density at radius 3 is 2.48 bits per heavy atom. The minimum Gasteiger partial charge on any atom is -0.458 e. The van der Waals surface area contributed by atoms with Gasteiger partial charge < -0.3 is 19.6 Å². The first-order valence-electron chi connectivity index (χ1n) is 9.82. The van der Waals surface area contributed by atoms with Crippen LogP contribution in [0.4, 0.5) is 0 Å². The summed E-state index contributed by atoms with van der Waals surface area (Å²) in [6.45, 7) is 7.45. The fourth-order valence-electron chi connectivity index (χ4n) is 3.25. The third kappa shape index (κ3) is 9.70. The number of rotatable bonds is 11. The average Bonchev–Trinajstić information content (AvgIpc) is 2.64. The van der Waals surface area contributed by atoms with Gasteiger partial charge >= 0.3 is 13.8 Å². The van der Waals surface area contributed by atoms with Crippen molar-refractivity contribution in [3.05, 3.63) is 48.6 Å². The highest BCUT2D eigenvalue weighted by atomic mass is 31.2. The fourth-order valence-corrected chi connectivity index (χ4v) is 3.90. The van der Waals surface area contributed by atoms with Crippen molar-refractivity contribution in [3.8, 4) is 0 Å². The number of cyclic esters (lactones) is 1. The quantitative estimate of drug-likeness (QED) is 0.261. The maximum Gasteiger partial charge on any atom is 0.469 e. The van der Waals surface area contributed by atoms with Gasteiger partial charge in [-0.2, -0.15) is 0 Å². The number of aliphatic hydroxyl groups is 1. The van der Waals surface area contributed by atoms with Gasteiger partial charge in [-0.05, 0) is 25.7 Å². The molecule has 7 nitrogen and oxygen atoms in total. The smallest absolute Gasteiger partial charge is 0.458 e. The minimum atomic E-state index is -4.73. The molecular formula is C21H33O7P. The van der Waals surface area contributed by atoms with Crippen molar-refractivity contribution >= 4 is 13.8 Å². The van der Waals surface area contributed by atoms with Crippen molar-refractivity contribution in [3.63, 3.8) is 0 Å². The van der Waals surface area contributed by atoms with Gasteiger partial charge in [-0.1, -0.05) is 63.3 Å². The molecule has 1 aliphatic heterocycles. The predicted molar refractivity (Wildman–Crippen MR) is 112 cm³/mol. The Hall–Kier alpha value is -1.50. The Morgan fingerprint density at radius 1 is 1.21 bits per heavy atom. The molecule has 0 saturated carbocycles. The van der Waals surface area contributed by atoms with Gasteiger partial charge in [0.15, 0.2) is 0 Å². The van der Waals surface area contributed by atoms with E-state index >= 15 is 0 Å². The molecule has 0 spiro atoms. The van der Waals surface area contributed by atoms with E-state index < -0.39 is 25.9 Å². The number of esters is 1. The first-order chi connectivity index (χ1) is 13.5. The number of hydrogen-bond donors (Lipinski definition) is 3. The molecule has 0 aromatic rings. The van der Waals surface area contributed by atoms with Crippen LogP contribution in [0.1, 0.15) is 40.5 Å². The normalized spacial score (nSPS) is 24.9. The molecule has 0 aromatic heterocycles. The van der Waals surface area contributed by atoms with E-state index in [4.69, 9.17) is 9.26 Å². The summed E-state index contributed by atoms with van der Waals surface area (Å²) in [5, 5.41) is 10.4. The molecule has 0 aliphatic carbocycles. The number of phosphoric ester groups is 1. The zero-order valence-electron chi connectivity index (χ0n) is 17.4. The topological polar surface area (TPSA) is 113 Å². The lowest BCUT2D eigenvalue weighted by Crippen LogP contribution is -2.35. The molecule has 0 bridgehead atoms. The lowest BCUT2D eigenvalue weighted by Gasteiger charge is -2.32. The Kier molecular flexibility index (Phi) is 10.8. The molecule has 0 fully saturated rings. The third-order valence-electron chi connectivity index (χ3n) is 5.01. The number of phosphoric acid groups is 1. The third-order valence-corrected chi connectivity index (χ3v) is 5.55. The molecule has 0 aromatic carbocycles. The first-order valence-corrected chi connectivity index (χ1v) is 11.3. The molecule has 0 unspecified atom stereocenters. The fraction of sp³-hybridized carbons (Fsp3) is 0.571. The highest BCUT2D eigenvalue weighted by molar-refractivity contribution is 7.46. The average molecular weight is 428 g/mol. The second-order valence-corrected chi connectivity index (χ2v) is 8.65. The first kappa shape index (κ1) is 25.5. The number of hydrogen-bond acceptors (Lipinski definition) is 5. The van der Waals surface area contributed by atoms with Crippen molar-refractivity contribution in [2.75, 3.05) is 0 Å². The van der Waals surface area contributed by atoms with Crippen LogP contribution in [0.2, 0.25) is 0 Å². The van der Waals surface area contributed by atoms with Crippen molar-refractivity contribution in [1.82, 2.24) is 0 Å². The highest BCUT2D eigenvalue weighted by Gasteiger charge is 2.33. The van der Waals surface area contributed by atoms with Crippen LogP contribution < -0.4 is 0 Å². The van der Waals surface area contributed by atoms with Gasteiger partial charge in [0.25, 0.3) is 0 Å². The summed E-state index contributed by atoms with van der Waals surface area (Å²) in [4.78, 5) is 30.1. The lowest BCUT2D eigenvalue weighted by atomic mass is 9.85. The van der Waals surface area contributed by atoms with E-state index in [-0.39, 0.29) is 23.9 Å². The summed E-state index contributed by atoms with van der Waals surface area (Å²) < 4.78 is 21.8. The van der Waals surface area contributed by atoms with Crippen LogP contribution in [0.3, 0.4) is 0 Å². The van der Waals surface area contributed by atoms with E-state index in [1.807, 2.05) is 32.9 Å². The molecule has 1 heterocycles. The summed E-state index contributed by atoms with van der Waals surface area (Å²) in [6, 6.07) is 0. The summed E-state index contributed by atoms with van der Waals surface area (Å²) in [5.74, 6) is -0.917. The zero-order chi connectivity index (χ0) is 22.0. The number of carbonyl (C=O) groups is 1. The molecule has 1 rings (SSSR count). The van der Waals surface area contributed by atoms with Crippen LogP contribution in [0, 0.1) is 17.8 Å². The van der Waals surface area contributed by atoms with Crippen LogP contribution in [0.15, 0.2) is 48.6 Å². The van der Waals surface area contributed by atoms with E-state index in [9.17, 15) is 24.3 Å². The summed E-state index contributed by atoms with van der Waals surface area (Å²) in [5.41, 5.74) is 0. The Labute approximate surface area is 173 Å². The number of ether oxygens (including phenoxy) is 1. The van der Waals surface area contributed by atoms with E-state index in [1.165, 1.54) is 6.08 Å². The van der Waals surface area contributed by atoms with Crippen LogP contribution in [-0.2, 0) is 18.6 Å². The van der Waals surface area contributed by atoms with E-state index in [0.29, 0.717) is 12.8 Å². The Balaban J connectivity index is 2.77. The van der Waals surface area contributed by atoms with Crippen molar-refractivity contribution in [2.45, 2.75) is 58.8 Å². The Morgan fingerprint density at radius 2 is 1.86 bits per heavy atom. The maximum absolute atomic E-state index is 11.5. The minimum absolute atomic E-state index is 0.0366. The van der Waals surface area contributed by atoms with Gasteiger partial charge in [0.05, 0.1) is 12.2 Å². The van der Waals surface area contributed by atoms with Gasteiger partial charge in [-0.15, -0.1) is 0 Å². The van der Waals surface area contributed by atoms with E-state index in [2.05, 4.69) is 0 Å². The summed E-state index contributed by atoms with van der Waals surface area (Å²) >= 11 is 0. The monoisotopic (exact) mass is 428 g/mol. The predicted octanol–water partition coefficient (Wildman–Crippen LogP) is 3.68. The van der Waals surface area contributed by atoms with Crippen LogP contribution in [-0.4, -0.2) is 39.2 Å². The zero-order valence-corrected chi connectivity index (χ0v) is 18.3. The van der Waals surface area contributed by atoms with Crippen LogP contribution in [0.5, 0.6) is 0 Å². The number of aliphatic hydroxyl groups excluding tert-OH is 1. The number of allylic oxidation sites excluding steroid dienone is 5. The molecule has 164 valence electrons. The van der Waals surface area contributed by atoms with Crippen molar-refractivity contribution in [2.24, 2.45) is 17.8 Å². The van der Waals surface area contributed by atoms with Gasteiger partial charge in [0.2, 0.25) is 0 Å². The summed E-state index contributed by atoms with van der Waals surface area (Å²) in [7, 11) is -4.73. The highest BCUT2D eigenvalue weighted by Crippen LogP contribution is 2.41. The van der Waals surface area contributed by atoms with Gasteiger partial charge in [-0.25, -0.2) is 9.36 Å². The van der Waals surface area contributed by atoms with Gasteiger partial charge in [-0.3, -0.25) is 4.52 Å². The largest absolute Gasteiger partial charge is 0.469 e. The molecule has 1 aliphatic rings. The van der Waals surface area contributed by atoms with E-state index in [1.54, 1.807) is 37.3 Å². The number of carbonyl (C=O) groups excluding carboxylic acids is 1. The molecule has 3 N–H and O–H groups in total. The molecule has 0 saturated heterocycles. The molecule has 8 heteroatoms. The van der Waals surface area contributed by atoms with Gasteiger partial charge in [0, 0.05) is 17.9 Å². The second-order valence-electron chi connectivity index (χ2n) is 7.45. The standard InChI is InChI=1S/C21H33O7P/c1-5-6-7-8-9-10-18(22)17(4)19(28-29(24,25)26)13-11-15(2)21-16(3)12-14-20(23)27-21/h5-10,12,14-19,21-22H,11,13H2,1-4H3,(H2,24,25,26)/b6-5+,8-7-,10-9-/t15-,16-,17-,18+,19-,21-/m0/s1. The van der Waals surface area contributed by atoms with Gasteiger partial charge in [0.1, 0.15) is 6.10 Å². The van der Waals surface area contributed by atoms with Crippen LogP contribution >= 0.6 is 7.82 Å². The van der Waals surface area contributed by atoms with Crippen LogP contribution in [0.25, 0.3) is 0 Å². The van der Waals surface area contributed by atoms with Crippen molar-refractivity contribution < 1.29 is 33.5 Å².